The largest absolute Gasteiger partial charge is 0.343 e. The number of rotatable bonds is 5. The summed E-state index contributed by atoms with van der Waals surface area (Å²) in [7, 11) is 1.73. The van der Waals surface area contributed by atoms with E-state index < -0.39 is 0 Å². The summed E-state index contributed by atoms with van der Waals surface area (Å²) in [5.41, 5.74) is -0.153. The maximum atomic E-state index is 11.0. The molecule has 0 amide bonds. The highest BCUT2D eigenvalue weighted by Crippen LogP contribution is 2.19. The minimum absolute atomic E-state index is 0.153. The average molecular weight is 280 g/mol. The summed E-state index contributed by atoms with van der Waals surface area (Å²) in [6, 6.07) is 0. The molecule has 0 spiro atoms. The molecular formula is C8H14BrN3OS. The molecule has 6 heteroatoms. The number of aromatic amines is 1. The van der Waals surface area contributed by atoms with E-state index in [0.29, 0.717) is 5.92 Å². The second kappa shape index (κ2) is 5.60. The van der Waals surface area contributed by atoms with Gasteiger partial charge in [0.1, 0.15) is 0 Å². The fraction of sp³-hybridized carbons (Fsp3) is 0.750. The standard InChI is InChI=1S/C8H14BrN3OS/c1-3-6(4-9)5-14-8-11-10-7(13)12(8)2/h6H,3-5H2,1-2H3,(H,10,13). The van der Waals surface area contributed by atoms with E-state index in [0.717, 1.165) is 22.7 Å². The van der Waals surface area contributed by atoms with Crippen LogP contribution in [0.1, 0.15) is 13.3 Å². The van der Waals surface area contributed by atoms with Crippen molar-refractivity contribution in [3.05, 3.63) is 10.5 Å². The molecule has 0 aromatic carbocycles. The first-order valence-electron chi connectivity index (χ1n) is 4.49. The highest BCUT2D eigenvalue weighted by molar-refractivity contribution is 9.09. The Morgan fingerprint density at radius 3 is 2.86 bits per heavy atom. The van der Waals surface area contributed by atoms with Crippen LogP contribution in [-0.4, -0.2) is 25.8 Å². The molecular weight excluding hydrogens is 266 g/mol. The Kier molecular flexibility index (Phi) is 4.74. The molecule has 0 bridgehead atoms. The first-order valence-corrected chi connectivity index (χ1v) is 6.59. The first kappa shape index (κ1) is 11.8. The van der Waals surface area contributed by atoms with Crippen LogP contribution < -0.4 is 5.69 Å². The van der Waals surface area contributed by atoms with E-state index in [1.165, 1.54) is 4.57 Å². The van der Waals surface area contributed by atoms with Gasteiger partial charge in [-0.05, 0) is 5.92 Å². The van der Waals surface area contributed by atoms with Crippen LogP contribution in [0.2, 0.25) is 0 Å². The molecule has 1 aromatic heterocycles. The average Bonchev–Trinajstić information content (AvgIpc) is 2.51. The molecule has 1 atom stereocenters. The summed E-state index contributed by atoms with van der Waals surface area (Å²) in [6.07, 6.45) is 1.14. The molecule has 0 fully saturated rings. The molecule has 14 heavy (non-hydrogen) atoms. The monoisotopic (exact) mass is 279 g/mol. The van der Waals surface area contributed by atoms with E-state index in [1.807, 2.05) is 0 Å². The minimum atomic E-state index is -0.153. The number of aromatic nitrogens is 3. The van der Waals surface area contributed by atoms with Crippen LogP contribution in [0.3, 0.4) is 0 Å². The summed E-state index contributed by atoms with van der Waals surface area (Å²) in [5.74, 6) is 1.62. The number of nitrogens with zero attached hydrogens (tertiary/aromatic N) is 2. The molecule has 0 aliphatic heterocycles. The van der Waals surface area contributed by atoms with Gasteiger partial charge in [0.25, 0.3) is 0 Å². The van der Waals surface area contributed by atoms with Gasteiger partial charge in [0.2, 0.25) is 0 Å². The van der Waals surface area contributed by atoms with Gasteiger partial charge in [0.05, 0.1) is 0 Å². The Hall–Kier alpha value is -0.230. The van der Waals surface area contributed by atoms with Crippen molar-refractivity contribution in [2.24, 2.45) is 13.0 Å². The minimum Gasteiger partial charge on any atom is -0.273 e. The number of thioether (sulfide) groups is 1. The van der Waals surface area contributed by atoms with Crippen molar-refractivity contribution in [3.8, 4) is 0 Å². The second-order valence-corrected chi connectivity index (χ2v) is 4.74. The Labute approximate surface area is 95.6 Å². The van der Waals surface area contributed by atoms with Gasteiger partial charge < -0.3 is 0 Å². The molecule has 1 N–H and O–H groups in total. The summed E-state index contributed by atoms with van der Waals surface area (Å²) in [5, 5.41) is 8.10. The van der Waals surface area contributed by atoms with Crippen LogP contribution in [0.25, 0.3) is 0 Å². The topological polar surface area (TPSA) is 50.7 Å². The Bertz CT molecular complexity index is 332. The van der Waals surface area contributed by atoms with Gasteiger partial charge in [-0.25, -0.2) is 9.89 Å². The fourth-order valence-corrected chi connectivity index (χ4v) is 3.04. The maximum absolute atomic E-state index is 11.0. The SMILES string of the molecule is CCC(CBr)CSc1n[nH]c(=O)n1C. The van der Waals surface area contributed by atoms with Crippen molar-refractivity contribution in [2.75, 3.05) is 11.1 Å². The van der Waals surface area contributed by atoms with Crippen molar-refractivity contribution in [1.29, 1.82) is 0 Å². The first-order chi connectivity index (χ1) is 6.69. The summed E-state index contributed by atoms with van der Waals surface area (Å²) in [4.78, 5) is 11.0. The molecule has 0 radical (unpaired) electrons. The van der Waals surface area contributed by atoms with Crippen molar-refractivity contribution < 1.29 is 0 Å². The van der Waals surface area contributed by atoms with E-state index in [2.05, 4.69) is 33.1 Å². The zero-order chi connectivity index (χ0) is 10.6. The van der Waals surface area contributed by atoms with E-state index >= 15 is 0 Å². The van der Waals surface area contributed by atoms with Crippen LogP contribution >= 0.6 is 27.7 Å². The Morgan fingerprint density at radius 1 is 1.71 bits per heavy atom. The van der Waals surface area contributed by atoms with Gasteiger partial charge in [-0.2, -0.15) is 0 Å². The molecule has 0 aliphatic rings. The summed E-state index contributed by atoms with van der Waals surface area (Å²) >= 11 is 5.08. The third kappa shape index (κ3) is 2.88. The van der Waals surface area contributed by atoms with E-state index in [-0.39, 0.29) is 5.69 Å². The molecule has 0 saturated carbocycles. The molecule has 1 rings (SSSR count). The van der Waals surface area contributed by atoms with Crippen LogP contribution in [0.15, 0.2) is 9.95 Å². The Morgan fingerprint density at radius 2 is 2.43 bits per heavy atom. The number of hydrogen-bond donors (Lipinski definition) is 1. The Balaban J connectivity index is 2.53. The highest BCUT2D eigenvalue weighted by atomic mass is 79.9. The third-order valence-electron chi connectivity index (χ3n) is 2.08. The number of H-pyrrole nitrogens is 1. The predicted octanol–water partition coefficient (Wildman–Crippen LogP) is 1.62. The lowest BCUT2D eigenvalue weighted by Gasteiger charge is -2.09. The van der Waals surface area contributed by atoms with Gasteiger partial charge in [-0.1, -0.05) is 41.0 Å². The summed E-state index contributed by atoms with van der Waals surface area (Å²) < 4.78 is 1.53. The van der Waals surface area contributed by atoms with Crippen molar-refractivity contribution in [3.63, 3.8) is 0 Å². The molecule has 0 aliphatic carbocycles. The van der Waals surface area contributed by atoms with E-state index in [9.17, 15) is 4.79 Å². The molecule has 80 valence electrons. The smallest absolute Gasteiger partial charge is 0.273 e. The number of halogens is 1. The van der Waals surface area contributed by atoms with Gasteiger partial charge in [-0.3, -0.25) is 4.57 Å². The van der Waals surface area contributed by atoms with Crippen LogP contribution in [0.5, 0.6) is 0 Å². The number of alkyl halides is 1. The fourth-order valence-electron chi connectivity index (χ4n) is 0.926. The van der Waals surface area contributed by atoms with E-state index in [4.69, 9.17) is 0 Å². The quantitative estimate of drug-likeness (QED) is 0.658. The van der Waals surface area contributed by atoms with Crippen molar-refractivity contribution in [2.45, 2.75) is 18.5 Å². The molecule has 1 heterocycles. The normalized spacial score (nSPS) is 13.1. The van der Waals surface area contributed by atoms with Gasteiger partial charge >= 0.3 is 5.69 Å². The molecule has 1 aromatic rings. The maximum Gasteiger partial charge on any atom is 0.343 e. The molecule has 1 unspecified atom stereocenters. The lowest BCUT2D eigenvalue weighted by atomic mass is 10.2. The zero-order valence-corrected chi connectivity index (χ0v) is 10.7. The lowest BCUT2D eigenvalue weighted by Crippen LogP contribution is -2.13. The van der Waals surface area contributed by atoms with Crippen molar-refractivity contribution >= 4 is 27.7 Å². The number of nitrogens with one attached hydrogen (secondary N) is 1. The molecule has 0 saturated heterocycles. The number of hydrogen-bond acceptors (Lipinski definition) is 3. The van der Waals surface area contributed by atoms with Crippen LogP contribution in [0, 0.1) is 5.92 Å². The van der Waals surface area contributed by atoms with Gasteiger partial charge in [-0.15, -0.1) is 5.10 Å². The van der Waals surface area contributed by atoms with Crippen LogP contribution in [-0.2, 0) is 7.05 Å². The van der Waals surface area contributed by atoms with E-state index in [1.54, 1.807) is 18.8 Å². The zero-order valence-electron chi connectivity index (χ0n) is 8.29. The van der Waals surface area contributed by atoms with Crippen molar-refractivity contribution in [1.82, 2.24) is 14.8 Å². The van der Waals surface area contributed by atoms with Crippen LogP contribution in [0.4, 0.5) is 0 Å². The molecule has 4 nitrogen and oxygen atoms in total. The second-order valence-electron chi connectivity index (χ2n) is 3.11. The van der Waals surface area contributed by atoms with Gasteiger partial charge in [0, 0.05) is 18.1 Å². The third-order valence-corrected chi connectivity index (χ3v) is 4.26. The lowest BCUT2D eigenvalue weighted by molar-refractivity contribution is 0.649. The highest BCUT2D eigenvalue weighted by Gasteiger charge is 2.09. The van der Waals surface area contributed by atoms with Gasteiger partial charge in [0.15, 0.2) is 5.16 Å². The summed E-state index contributed by atoms with van der Waals surface area (Å²) in [6.45, 7) is 2.16. The predicted molar refractivity (Wildman–Crippen MR) is 62.1 cm³/mol.